The Morgan fingerprint density at radius 1 is 0.455 bits per heavy atom. The molecule has 55 heavy (non-hydrogen) atoms. The van der Waals surface area contributed by atoms with E-state index in [0.29, 0.717) is 0 Å². The number of hydrogen-bond acceptors (Lipinski definition) is 3. The zero-order valence-corrected chi connectivity index (χ0v) is 31.2. The minimum Gasteiger partial charge on any atom is -0.310 e. The van der Waals surface area contributed by atoms with Crippen LogP contribution >= 0.6 is 0 Å². The van der Waals surface area contributed by atoms with Gasteiger partial charge in [-0.05, 0) is 103 Å². The summed E-state index contributed by atoms with van der Waals surface area (Å²) in [5, 5.41) is 1.16. The first-order chi connectivity index (χ1) is 27.0. The highest BCUT2D eigenvalue weighted by Gasteiger charge is 2.25. The molecule has 0 fully saturated rings. The fourth-order valence-electron chi connectivity index (χ4n) is 8.04. The van der Waals surface area contributed by atoms with Gasteiger partial charge in [0.2, 0.25) is 0 Å². The molecule has 3 heterocycles. The Hall–Kier alpha value is -7.04. The molecular formula is C51H40N4. The van der Waals surface area contributed by atoms with Gasteiger partial charge in [0.15, 0.2) is 0 Å². The number of rotatable bonds is 8. The van der Waals surface area contributed by atoms with Gasteiger partial charge in [0.25, 0.3) is 0 Å². The van der Waals surface area contributed by atoms with Gasteiger partial charge >= 0.3 is 0 Å². The van der Waals surface area contributed by atoms with Crippen LogP contribution in [0.2, 0.25) is 0 Å². The highest BCUT2D eigenvalue weighted by Crippen LogP contribution is 2.46. The van der Waals surface area contributed by atoms with Crippen LogP contribution in [-0.2, 0) is 0 Å². The highest BCUT2D eigenvalue weighted by atomic mass is 15.2. The van der Waals surface area contributed by atoms with Gasteiger partial charge in [0.1, 0.15) is 5.82 Å². The summed E-state index contributed by atoms with van der Waals surface area (Å²) in [5.74, 6) is 0.867. The smallest absolute Gasteiger partial charge is 0.137 e. The van der Waals surface area contributed by atoms with E-state index in [9.17, 15) is 0 Å². The normalized spacial score (nSPS) is 11.2. The third-order valence-corrected chi connectivity index (χ3v) is 10.3. The van der Waals surface area contributed by atoms with Crippen LogP contribution in [0.5, 0.6) is 0 Å². The van der Waals surface area contributed by atoms with Gasteiger partial charge in [-0.1, -0.05) is 133 Å². The van der Waals surface area contributed by atoms with E-state index in [1.165, 1.54) is 27.8 Å². The van der Waals surface area contributed by atoms with Crippen molar-refractivity contribution < 1.29 is 0 Å². The lowest BCUT2D eigenvalue weighted by molar-refractivity contribution is 1.05. The van der Waals surface area contributed by atoms with Gasteiger partial charge in [-0.3, -0.25) is 9.55 Å². The van der Waals surface area contributed by atoms with Crippen LogP contribution in [0.1, 0.15) is 16.7 Å². The fourth-order valence-corrected chi connectivity index (χ4v) is 8.04. The maximum absolute atomic E-state index is 4.94. The largest absolute Gasteiger partial charge is 0.310 e. The number of fused-ring (bicyclic) bond motifs is 1. The Labute approximate surface area is 322 Å². The lowest BCUT2D eigenvalue weighted by Gasteiger charge is -2.29. The van der Waals surface area contributed by atoms with Crippen LogP contribution in [0.15, 0.2) is 188 Å². The molecule has 4 nitrogen and oxygen atoms in total. The van der Waals surface area contributed by atoms with E-state index < -0.39 is 0 Å². The Morgan fingerprint density at radius 2 is 1.09 bits per heavy atom. The Balaban J connectivity index is 1.30. The maximum Gasteiger partial charge on any atom is 0.137 e. The SMILES string of the molecule is Cc1cc(C)c(N(c2cccc(-c3cc(-c4ccccc4)ccn3)c2)c2ccc3c(-c4ccccc4)c(-c4ccccc4)n(-c4ccccn4)c3c2)c(C)c1. The first-order valence-corrected chi connectivity index (χ1v) is 18.7. The topological polar surface area (TPSA) is 34.0 Å². The molecule has 0 N–H and O–H groups in total. The predicted molar refractivity (Wildman–Crippen MR) is 230 cm³/mol. The van der Waals surface area contributed by atoms with Crippen molar-refractivity contribution in [3.05, 3.63) is 205 Å². The van der Waals surface area contributed by atoms with E-state index in [-0.39, 0.29) is 0 Å². The minimum atomic E-state index is 0.867. The van der Waals surface area contributed by atoms with Crippen molar-refractivity contribution in [2.75, 3.05) is 4.90 Å². The molecule has 0 atom stereocenters. The van der Waals surface area contributed by atoms with E-state index in [1.54, 1.807) is 0 Å². The van der Waals surface area contributed by atoms with Crippen LogP contribution in [0, 0.1) is 20.8 Å². The number of nitrogens with zero attached hydrogens (tertiary/aromatic N) is 4. The number of pyridine rings is 2. The second-order valence-electron chi connectivity index (χ2n) is 14.1. The molecule has 0 aliphatic rings. The lowest BCUT2D eigenvalue weighted by Crippen LogP contribution is -2.13. The molecule has 0 radical (unpaired) electrons. The van der Waals surface area contributed by atoms with Crippen molar-refractivity contribution in [1.82, 2.24) is 14.5 Å². The second-order valence-corrected chi connectivity index (χ2v) is 14.1. The Bertz CT molecular complexity index is 2750. The molecule has 0 spiro atoms. The van der Waals surface area contributed by atoms with E-state index in [4.69, 9.17) is 9.97 Å². The molecule has 3 aromatic heterocycles. The maximum atomic E-state index is 4.94. The van der Waals surface area contributed by atoms with E-state index >= 15 is 0 Å². The molecule has 0 unspecified atom stereocenters. The van der Waals surface area contributed by atoms with Crippen LogP contribution in [0.4, 0.5) is 17.1 Å². The molecule has 264 valence electrons. The number of aromatic nitrogens is 3. The van der Waals surface area contributed by atoms with Crippen LogP contribution in [-0.4, -0.2) is 14.5 Å². The van der Waals surface area contributed by atoms with Gasteiger partial charge in [-0.15, -0.1) is 0 Å². The monoisotopic (exact) mass is 708 g/mol. The quantitative estimate of drug-likeness (QED) is 0.158. The first-order valence-electron chi connectivity index (χ1n) is 18.7. The van der Waals surface area contributed by atoms with Crippen molar-refractivity contribution >= 4 is 28.0 Å². The van der Waals surface area contributed by atoms with Gasteiger partial charge in [-0.25, -0.2) is 4.98 Å². The van der Waals surface area contributed by atoms with Crippen LogP contribution in [0.25, 0.3) is 61.5 Å². The fraction of sp³-hybridized carbons (Fsp3) is 0.0588. The highest BCUT2D eigenvalue weighted by molar-refractivity contribution is 6.07. The summed E-state index contributed by atoms with van der Waals surface area (Å²) in [5.41, 5.74) is 16.9. The summed E-state index contributed by atoms with van der Waals surface area (Å²) in [6.45, 7) is 6.60. The summed E-state index contributed by atoms with van der Waals surface area (Å²) in [4.78, 5) is 12.2. The predicted octanol–water partition coefficient (Wildman–Crippen LogP) is 13.5. The average molecular weight is 709 g/mol. The minimum absolute atomic E-state index is 0.867. The Kier molecular flexibility index (Phi) is 8.85. The first kappa shape index (κ1) is 33.8. The van der Waals surface area contributed by atoms with Crippen LogP contribution < -0.4 is 4.90 Å². The second kappa shape index (κ2) is 14.4. The van der Waals surface area contributed by atoms with E-state index in [2.05, 4.69) is 194 Å². The molecular weight excluding hydrogens is 669 g/mol. The molecule has 0 amide bonds. The molecule has 0 aliphatic carbocycles. The standard InChI is InChI=1S/C51H40N4/c1-35-30-36(2)50(37(3)31-35)54(43-23-15-22-42(32-43)46-33-41(27-29-52-46)38-16-7-4-8-17-38)44-25-26-45-47(34-44)55(48-24-13-14-28-53-48)51(40-20-11-6-12-21-40)49(45)39-18-9-5-10-19-39/h4-34H,1-3H3. The summed E-state index contributed by atoms with van der Waals surface area (Å²) >= 11 is 0. The molecule has 6 aromatic carbocycles. The molecule has 4 heteroatoms. The number of benzene rings is 6. The third kappa shape index (κ3) is 6.38. The Morgan fingerprint density at radius 3 is 1.78 bits per heavy atom. The van der Waals surface area contributed by atoms with Gasteiger partial charge < -0.3 is 4.90 Å². The van der Waals surface area contributed by atoms with Crippen molar-refractivity contribution in [3.8, 4) is 50.6 Å². The summed E-state index contributed by atoms with van der Waals surface area (Å²) < 4.78 is 2.33. The van der Waals surface area contributed by atoms with Crippen LogP contribution in [0.3, 0.4) is 0 Å². The summed E-state index contributed by atoms with van der Waals surface area (Å²) in [7, 11) is 0. The lowest BCUT2D eigenvalue weighted by atomic mass is 9.98. The molecule has 0 saturated heterocycles. The molecule has 0 bridgehead atoms. The number of hydrogen-bond donors (Lipinski definition) is 0. The zero-order valence-electron chi connectivity index (χ0n) is 31.2. The summed E-state index contributed by atoms with van der Waals surface area (Å²) in [6.07, 6.45) is 3.78. The number of anilines is 3. The van der Waals surface area contributed by atoms with Crippen molar-refractivity contribution in [2.45, 2.75) is 20.8 Å². The van der Waals surface area contributed by atoms with Gasteiger partial charge in [0.05, 0.1) is 22.6 Å². The van der Waals surface area contributed by atoms with Gasteiger partial charge in [0, 0.05) is 40.3 Å². The van der Waals surface area contributed by atoms with E-state index in [1.807, 2.05) is 24.5 Å². The van der Waals surface area contributed by atoms with Crippen molar-refractivity contribution in [1.29, 1.82) is 0 Å². The van der Waals surface area contributed by atoms with Crippen molar-refractivity contribution in [2.24, 2.45) is 0 Å². The average Bonchev–Trinajstić information content (AvgIpc) is 3.58. The van der Waals surface area contributed by atoms with Gasteiger partial charge in [-0.2, -0.15) is 0 Å². The molecule has 9 aromatic rings. The van der Waals surface area contributed by atoms with Crippen molar-refractivity contribution in [3.63, 3.8) is 0 Å². The summed E-state index contributed by atoms with van der Waals surface area (Å²) in [6, 6.07) is 62.5. The molecule has 0 aliphatic heterocycles. The van der Waals surface area contributed by atoms with E-state index in [0.717, 1.165) is 67.4 Å². The number of aryl methyl sites for hydroxylation is 3. The zero-order chi connectivity index (χ0) is 37.3. The third-order valence-electron chi connectivity index (χ3n) is 10.3. The molecule has 0 saturated carbocycles. The molecule has 9 rings (SSSR count).